The molecule has 0 aromatic rings. The summed E-state index contributed by atoms with van der Waals surface area (Å²) in [4.78, 5) is 22.9. The zero-order chi connectivity index (χ0) is 14.2. The Bertz CT molecular complexity index is 281. The Labute approximate surface area is 109 Å². The van der Waals surface area contributed by atoms with Crippen LogP contribution in [0.3, 0.4) is 0 Å². The molecule has 0 aromatic heterocycles. The molecule has 2 atom stereocenters. The van der Waals surface area contributed by atoms with Gasteiger partial charge in [-0.15, -0.1) is 0 Å². The van der Waals surface area contributed by atoms with Crippen LogP contribution in [0.2, 0.25) is 0 Å². The first-order valence-corrected chi connectivity index (χ1v) is 6.67. The fraction of sp³-hybridized carbons (Fsp3) is 0.846. The highest BCUT2D eigenvalue weighted by Crippen LogP contribution is 2.12. The lowest BCUT2D eigenvalue weighted by molar-refractivity contribution is -0.144. The number of amides is 2. The summed E-state index contributed by atoms with van der Waals surface area (Å²) in [6.45, 7) is 7.45. The van der Waals surface area contributed by atoms with Crippen molar-refractivity contribution in [2.24, 2.45) is 0 Å². The van der Waals surface area contributed by atoms with Crippen molar-refractivity contribution in [1.29, 1.82) is 0 Å². The molecular formula is C13H26N2O3. The molecule has 0 aliphatic carbocycles. The third-order valence-electron chi connectivity index (χ3n) is 2.98. The van der Waals surface area contributed by atoms with Gasteiger partial charge in [0.05, 0.1) is 0 Å². The number of carbonyl (C=O) groups excluding carboxylic acids is 1. The van der Waals surface area contributed by atoms with Gasteiger partial charge in [0.25, 0.3) is 0 Å². The van der Waals surface area contributed by atoms with Gasteiger partial charge in [-0.2, -0.15) is 0 Å². The Morgan fingerprint density at radius 2 is 1.89 bits per heavy atom. The van der Waals surface area contributed by atoms with Crippen LogP contribution in [0.25, 0.3) is 0 Å². The molecule has 0 heterocycles. The summed E-state index contributed by atoms with van der Waals surface area (Å²) < 4.78 is 0. The number of rotatable bonds is 8. The number of hydrogen-bond acceptors (Lipinski definition) is 2. The van der Waals surface area contributed by atoms with Crippen LogP contribution in [0.15, 0.2) is 0 Å². The quantitative estimate of drug-likeness (QED) is 0.626. The lowest BCUT2D eigenvalue weighted by atomic mass is 9.96. The number of carbonyl (C=O) groups is 2. The Balaban J connectivity index is 4.30. The van der Waals surface area contributed by atoms with E-state index in [1.165, 1.54) is 6.92 Å². The highest BCUT2D eigenvalue weighted by molar-refractivity contribution is 5.85. The van der Waals surface area contributed by atoms with Crippen LogP contribution in [0.1, 0.15) is 59.8 Å². The van der Waals surface area contributed by atoms with Crippen molar-refractivity contribution < 1.29 is 14.7 Å². The number of aliphatic carboxylic acids is 1. The highest BCUT2D eigenvalue weighted by atomic mass is 16.4. The van der Waals surface area contributed by atoms with Gasteiger partial charge < -0.3 is 15.7 Å². The average Bonchev–Trinajstić information content (AvgIpc) is 2.26. The van der Waals surface area contributed by atoms with Crippen LogP contribution in [0.5, 0.6) is 0 Å². The maximum atomic E-state index is 11.7. The van der Waals surface area contributed by atoms with E-state index >= 15 is 0 Å². The van der Waals surface area contributed by atoms with Gasteiger partial charge in [0.1, 0.15) is 5.54 Å². The molecule has 3 N–H and O–H groups in total. The SMILES string of the molecule is CCCCC(C)NC(=O)NC(C)(CCC)C(=O)O. The van der Waals surface area contributed by atoms with E-state index in [1.54, 1.807) is 0 Å². The molecule has 0 rings (SSSR count). The maximum absolute atomic E-state index is 11.7. The first-order chi connectivity index (χ1) is 8.35. The Morgan fingerprint density at radius 3 is 2.33 bits per heavy atom. The van der Waals surface area contributed by atoms with Crippen LogP contribution >= 0.6 is 0 Å². The average molecular weight is 258 g/mol. The van der Waals surface area contributed by atoms with Gasteiger partial charge in [-0.05, 0) is 26.7 Å². The van der Waals surface area contributed by atoms with Gasteiger partial charge in [0, 0.05) is 6.04 Å². The Hall–Kier alpha value is -1.26. The smallest absolute Gasteiger partial charge is 0.329 e. The van der Waals surface area contributed by atoms with Gasteiger partial charge >= 0.3 is 12.0 Å². The van der Waals surface area contributed by atoms with Crippen LogP contribution in [-0.4, -0.2) is 28.7 Å². The summed E-state index contributed by atoms with van der Waals surface area (Å²) in [6, 6.07) is -0.346. The predicted molar refractivity (Wildman–Crippen MR) is 71.6 cm³/mol. The highest BCUT2D eigenvalue weighted by Gasteiger charge is 2.33. The number of unbranched alkanes of at least 4 members (excludes halogenated alkanes) is 1. The van der Waals surface area contributed by atoms with Gasteiger partial charge in [0.15, 0.2) is 0 Å². The first-order valence-electron chi connectivity index (χ1n) is 6.67. The molecule has 5 heteroatoms. The molecule has 5 nitrogen and oxygen atoms in total. The molecule has 0 radical (unpaired) electrons. The van der Waals surface area contributed by atoms with E-state index in [2.05, 4.69) is 17.6 Å². The third kappa shape index (κ3) is 5.89. The number of hydrogen-bond donors (Lipinski definition) is 3. The molecule has 0 fully saturated rings. The Morgan fingerprint density at radius 1 is 1.28 bits per heavy atom. The Kier molecular flexibility index (Phi) is 7.39. The lowest BCUT2D eigenvalue weighted by Gasteiger charge is -2.27. The summed E-state index contributed by atoms with van der Waals surface area (Å²) in [7, 11) is 0. The summed E-state index contributed by atoms with van der Waals surface area (Å²) in [5, 5.41) is 14.5. The van der Waals surface area contributed by atoms with E-state index in [9.17, 15) is 9.59 Å². The fourth-order valence-electron chi connectivity index (χ4n) is 1.82. The molecule has 106 valence electrons. The fourth-order valence-corrected chi connectivity index (χ4v) is 1.82. The molecule has 2 unspecified atom stereocenters. The summed E-state index contributed by atoms with van der Waals surface area (Å²) >= 11 is 0. The van der Waals surface area contributed by atoms with E-state index in [0.29, 0.717) is 12.8 Å². The molecule has 0 bridgehead atoms. The molecular weight excluding hydrogens is 232 g/mol. The van der Waals surface area contributed by atoms with Crippen LogP contribution in [0, 0.1) is 0 Å². The molecule has 0 spiro atoms. The second-order valence-corrected chi connectivity index (χ2v) is 5.03. The van der Waals surface area contributed by atoms with Gasteiger partial charge in [-0.25, -0.2) is 9.59 Å². The largest absolute Gasteiger partial charge is 0.480 e. The number of carboxylic acid groups (broad SMARTS) is 1. The van der Waals surface area contributed by atoms with E-state index in [0.717, 1.165) is 19.3 Å². The normalized spacial score (nSPS) is 15.6. The number of nitrogens with one attached hydrogen (secondary N) is 2. The number of carboxylic acids is 1. The molecule has 0 saturated carbocycles. The number of urea groups is 1. The van der Waals surface area contributed by atoms with Crippen molar-refractivity contribution in [3.63, 3.8) is 0 Å². The van der Waals surface area contributed by atoms with Gasteiger partial charge in [0.2, 0.25) is 0 Å². The zero-order valence-electron chi connectivity index (χ0n) is 11.9. The van der Waals surface area contributed by atoms with Gasteiger partial charge in [-0.1, -0.05) is 33.1 Å². The van der Waals surface area contributed by atoms with E-state index in [1.807, 2.05) is 13.8 Å². The second kappa shape index (κ2) is 7.95. The minimum atomic E-state index is -1.19. The molecule has 0 aliphatic heterocycles. The van der Waals surface area contributed by atoms with Crippen molar-refractivity contribution in [3.8, 4) is 0 Å². The minimum absolute atomic E-state index is 0.0598. The first kappa shape index (κ1) is 16.7. The van der Waals surface area contributed by atoms with Crippen molar-refractivity contribution in [3.05, 3.63) is 0 Å². The van der Waals surface area contributed by atoms with Crippen molar-refractivity contribution in [1.82, 2.24) is 10.6 Å². The molecule has 2 amide bonds. The molecule has 18 heavy (non-hydrogen) atoms. The van der Waals surface area contributed by atoms with Crippen LogP contribution in [0.4, 0.5) is 4.79 Å². The summed E-state index contributed by atoms with van der Waals surface area (Å²) in [5.74, 6) is -0.999. The summed E-state index contributed by atoms with van der Waals surface area (Å²) in [6.07, 6.45) is 4.15. The minimum Gasteiger partial charge on any atom is -0.480 e. The van der Waals surface area contributed by atoms with Crippen molar-refractivity contribution >= 4 is 12.0 Å². The maximum Gasteiger partial charge on any atom is 0.329 e. The van der Waals surface area contributed by atoms with Crippen molar-refractivity contribution in [2.45, 2.75) is 71.4 Å². The third-order valence-corrected chi connectivity index (χ3v) is 2.98. The predicted octanol–water partition coefficient (Wildman–Crippen LogP) is 2.51. The molecule has 0 saturated heterocycles. The monoisotopic (exact) mass is 258 g/mol. The van der Waals surface area contributed by atoms with Crippen LogP contribution in [-0.2, 0) is 4.79 Å². The topological polar surface area (TPSA) is 78.4 Å². The van der Waals surface area contributed by atoms with Gasteiger partial charge in [-0.3, -0.25) is 0 Å². The second-order valence-electron chi connectivity index (χ2n) is 5.03. The van der Waals surface area contributed by atoms with E-state index < -0.39 is 17.5 Å². The van der Waals surface area contributed by atoms with Crippen molar-refractivity contribution in [2.75, 3.05) is 0 Å². The van der Waals surface area contributed by atoms with E-state index in [-0.39, 0.29) is 6.04 Å². The zero-order valence-corrected chi connectivity index (χ0v) is 11.9. The standard InChI is InChI=1S/C13H26N2O3/c1-5-7-8-10(3)14-12(18)15-13(4,9-6-2)11(16)17/h10H,5-9H2,1-4H3,(H,16,17)(H2,14,15,18). The molecule has 0 aliphatic rings. The summed E-state index contributed by atoms with van der Waals surface area (Å²) in [5.41, 5.74) is -1.19. The van der Waals surface area contributed by atoms with E-state index in [4.69, 9.17) is 5.11 Å². The lowest BCUT2D eigenvalue weighted by Crippen LogP contribution is -2.56. The molecule has 0 aromatic carbocycles. The van der Waals surface area contributed by atoms with Crippen LogP contribution < -0.4 is 10.6 Å².